The van der Waals surface area contributed by atoms with E-state index in [-0.39, 0.29) is 0 Å². The molecule has 0 rings (SSSR count). The predicted molar refractivity (Wildman–Crippen MR) is 92.8 cm³/mol. The van der Waals surface area contributed by atoms with E-state index >= 15 is 0 Å². The molecule has 0 amide bonds. The lowest BCUT2D eigenvalue weighted by Crippen LogP contribution is -1.98. The molecule has 0 aromatic rings. The molecule has 0 saturated heterocycles. The van der Waals surface area contributed by atoms with Gasteiger partial charge in [0.15, 0.2) is 6.79 Å². The van der Waals surface area contributed by atoms with Gasteiger partial charge in [-0.25, -0.2) is 0 Å². The van der Waals surface area contributed by atoms with Crippen molar-refractivity contribution >= 4 is 6.29 Å². The lowest BCUT2D eigenvalue weighted by Gasteiger charge is -2.03. The standard InChI is InChI=1S/C19H36O3/c1-2-3-4-5-11-14-17-21-19-22-18-15-12-9-7-6-8-10-13-16-20/h15-16,18H,2-14,17,19H2,1H3. The van der Waals surface area contributed by atoms with Crippen molar-refractivity contribution in [3.8, 4) is 0 Å². The van der Waals surface area contributed by atoms with Crippen LogP contribution in [0.3, 0.4) is 0 Å². The highest BCUT2D eigenvalue weighted by Crippen LogP contribution is 2.07. The van der Waals surface area contributed by atoms with Gasteiger partial charge < -0.3 is 14.3 Å². The van der Waals surface area contributed by atoms with Crippen molar-refractivity contribution < 1.29 is 14.3 Å². The number of carbonyl (C=O) groups excluding carboxylic acids is 1. The molecule has 0 atom stereocenters. The van der Waals surface area contributed by atoms with Gasteiger partial charge in [0.05, 0.1) is 12.9 Å². The van der Waals surface area contributed by atoms with E-state index in [2.05, 4.69) is 13.0 Å². The Bertz CT molecular complexity index is 239. The first-order valence-corrected chi connectivity index (χ1v) is 9.19. The van der Waals surface area contributed by atoms with Gasteiger partial charge in [0.2, 0.25) is 0 Å². The van der Waals surface area contributed by atoms with Crippen LogP contribution in [-0.4, -0.2) is 19.7 Å². The summed E-state index contributed by atoms with van der Waals surface area (Å²) < 4.78 is 10.7. The van der Waals surface area contributed by atoms with Crippen LogP contribution in [0.25, 0.3) is 0 Å². The number of allylic oxidation sites excluding steroid dienone is 1. The second-order valence-corrected chi connectivity index (χ2v) is 5.84. The van der Waals surface area contributed by atoms with Gasteiger partial charge in [-0.05, 0) is 31.8 Å². The smallest absolute Gasteiger partial charge is 0.188 e. The Morgan fingerprint density at radius 3 is 2.14 bits per heavy atom. The van der Waals surface area contributed by atoms with Crippen LogP contribution in [0.5, 0.6) is 0 Å². The first-order chi connectivity index (χ1) is 10.9. The maximum Gasteiger partial charge on any atom is 0.188 e. The monoisotopic (exact) mass is 312 g/mol. The Labute approximate surface area is 137 Å². The summed E-state index contributed by atoms with van der Waals surface area (Å²) in [6.45, 7) is 3.42. The van der Waals surface area contributed by atoms with Gasteiger partial charge in [0.1, 0.15) is 6.29 Å². The molecule has 0 spiro atoms. The fourth-order valence-corrected chi connectivity index (χ4v) is 2.29. The summed E-state index contributed by atoms with van der Waals surface area (Å²) in [5.41, 5.74) is 0. The summed E-state index contributed by atoms with van der Waals surface area (Å²) in [6, 6.07) is 0. The number of ether oxygens (including phenoxy) is 2. The fourth-order valence-electron chi connectivity index (χ4n) is 2.29. The van der Waals surface area contributed by atoms with E-state index in [4.69, 9.17) is 9.47 Å². The van der Waals surface area contributed by atoms with E-state index in [0.717, 1.165) is 32.2 Å². The SMILES string of the molecule is CCCCCCCCOCOC=CCCCCCCCC=O. The van der Waals surface area contributed by atoms with Crippen molar-refractivity contribution in [2.75, 3.05) is 13.4 Å². The molecule has 0 aliphatic carbocycles. The van der Waals surface area contributed by atoms with Crippen molar-refractivity contribution in [1.29, 1.82) is 0 Å². The Morgan fingerprint density at radius 1 is 0.773 bits per heavy atom. The highest BCUT2D eigenvalue weighted by atomic mass is 16.7. The molecule has 22 heavy (non-hydrogen) atoms. The van der Waals surface area contributed by atoms with Gasteiger partial charge in [0, 0.05) is 6.42 Å². The summed E-state index contributed by atoms with van der Waals surface area (Å²) in [4.78, 5) is 10.1. The van der Waals surface area contributed by atoms with Crippen LogP contribution in [0.1, 0.15) is 90.4 Å². The summed E-state index contributed by atoms with van der Waals surface area (Å²) in [7, 11) is 0. The number of rotatable bonds is 18. The van der Waals surface area contributed by atoms with E-state index in [1.165, 1.54) is 57.8 Å². The molecule has 0 N–H and O–H groups in total. The van der Waals surface area contributed by atoms with Crippen molar-refractivity contribution in [1.82, 2.24) is 0 Å². The van der Waals surface area contributed by atoms with Crippen LogP contribution in [0.2, 0.25) is 0 Å². The van der Waals surface area contributed by atoms with Crippen molar-refractivity contribution in [3.05, 3.63) is 12.3 Å². The first-order valence-electron chi connectivity index (χ1n) is 9.19. The molecule has 0 saturated carbocycles. The maximum atomic E-state index is 10.1. The number of hydrogen-bond donors (Lipinski definition) is 0. The molecule has 0 heterocycles. The predicted octanol–water partition coefficient (Wildman–Crippen LogP) is 5.78. The lowest BCUT2D eigenvalue weighted by molar-refractivity contribution is -0.107. The molecule has 0 aromatic carbocycles. The zero-order valence-corrected chi connectivity index (χ0v) is 14.6. The summed E-state index contributed by atoms with van der Waals surface area (Å²) in [5.74, 6) is 0. The molecule has 0 aromatic heterocycles. The Hall–Kier alpha value is -0.830. The van der Waals surface area contributed by atoms with Gasteiger partial charge in [0.25, 0.3) is 0 Å². The molecule has 3 heteroatoms. The van der Waals surface area contributed by atoms with E-state index in [9.17, 15) is 4.79 Å². The molecule has 3 nitrogen and oxygen atoms in total. The summed E-state index contributed by atoms with van der Waals surface area (Å²) in [5, 5.41) is 0. The van der Waals surface area contributed by atoms with E-state index in [1.54, 1.807) is 6.26 Å². The number of aldehydes is 1. The molecule has 130 valence electrons. The molecule has 0 aliphatic rings. The molecule has 0 fully saturated rings. The fraction of sp³-hybridized carbons (Fsp3) is 0.842. The molecule has 0 radical (unpaired) electrons. The third kappa shape index (κ3) is 19.2. The topological polar surface area (TPSA) is 35.5 Å². The largest absolute Gasteiger partial charge is 0.475 e. The average molecular weight is 312 g/mol. The van der Waals surface area contributed by atoms with Gasteiger partial charge in [-0.3, -0.25) is 0 Å². The van der Waals surface area contributed by atoms with Crippen LogP contribution in [-0.2, 0) is 14.3 Å². The van der Waals surface area contributed by atoms with E-state index in [0.29, 0.717) is 13.2 Å². The summed E-state index contributed by atoms with van der Waals surface area (Å²) >= 11 is 0. The average Bonchev–Trinajstić information content (AvgIpc) is 2.54. The normalized spacial score (nSPS) is 11.1. The van der Waals surface area contributed by atoms with Crippen LogP contribution >= 0.6 is 0 Å². The molecule has 0 bridgehead atoms. The molecular weight excluding hydrogens is 276 g/mol. The van der Waals surface area contributed by atoms with Crippen molar-refractivity contribution in [2.24, 2.45) is 0 Å². The number of carbonyl (C=O) groups is 1. The quantitative estimate of drug-likeness (QED) is 0.139. The first kappa shape index (κ1) is 21.2. The Kier molecular flexibility index (Phi) is 19.4. The number of hydrogen-bond acceptors (Lipinski definition) is 3. The van der Waals surface area contributed by atoms with Gasteiger partial charge in [-0.1, -0.05) is 58.3 Å². The van der Waals surface area contributed by atoms with E-state index in [1.807, 2.05) is 0 Å². The van der Waals surface area contributed by atoms with Gasteiger partial charge >= 0.3 is 0 Å². The lowest BCUT2D eigenvalue weighted by atomic mass is 10.1. The highest BCUT2D eigenvalue weighted by molar-refractivity contribution is 5.48. The molecule has 0 unspecified atom stereocenters. The number of unbranched alkanes of at least 4 members (excludes halogenated alkanes) is 11. The van der Waals surface area contributed by atoms with Crippen LogP contribution in [0, 0.1) is 0 Å². The van der Waals surface area contributed by atoms with Gasteiger partial charge in [-0.15, -0.1) is 0 Å². The molecular formula is C19H36O3. The third-order valence-corrected chi connectivity index (χ3v) is 3.68. The van der Waals surface area contributed by atoms with Crippen LogP contribution in [0.15, 0.2) is 12.3 Å². The minimum atomic E-state index is 0.372. The van der Waals surface area contributed by atoms with Crippen LogP contribution in [0.4, 0.5) is 0 Å². The Morgan fingerprint density at radius 2 is 1.41 bits per heavy atom. The summed E-state index contributed by atoms with van der Waals surface area (Å²) in [6.07, 6.45) is 20.2. The van der Waals surface area contributed by atoms with E-state index < -0.39 is 0 Å². The highest BCUT2D eigenvalue weighted by Gasteiger charge is 1.91. The molecule has 0 aliphatic heterocycles. The van der Waals surface area contributed by atoms with Crippen molar-refractivity contribution in [2.45, 2.75) is 90.4 Å². The second kappa shape index (κ2) is 20.2. The minimum Gasteiger partial charge on any atom is -0.475 e. The third-order valence-electron chi connectivity index (χ3n) is 3.68. The second-order valence-electron chi connectivity index (χ2n) is 5.84. The zero-order chi connectivity index (χ0) is 16.1. The van der Waals surface area contributed by atoms with Crippen LogP contribution < -0.4 is 0 Å². The minimum absolute atomic E-state index is 0.372. The maximum absolute atomic E-state index is 10.1. The van der Waals surface area contributed by atoms with Gasteiger partial charge in [-0.2, -0.15) is 0 Å². The Balaban J connectivity index is 3.04. The van der Waals surface area contributed by atoms with Crippen molar-refractivity contribution in [3.63, 3.8) is 0 Å². The zero-order valence-electron chi connectivity index (χ0n) is 14.6.